The van der Waals surface area contributed by atoms with Gasteiger partial charge in [0.25, 0.3) is 0 Å². The number of ether oxygens (including phenoxy) is 8. The third-order valence-corrected chi connectivity index (χ3v) is 9.59. The number of hydrogen-bond acceptors (Lipinski definition) is 21. The van der Waals surface area contributed by atoms with Crippen LogP contribution in [-0.4, -0.2) is 219 Å². The minimum atomic E-state index is -1.95. The van der Waals surface area contributed by atoms with Crippen LogP contribution < -0.4 is 16.4 Å². The third kappa shape index (κ3) is 10.2. The van der Waals surface area contributed by atoms with E-state index in [4.69, 9.17) is 43.6 Å². The first kappa shape index (κ1) is 44.9. The summed E-state index contributed by atoms with van der Waals surface area (Å²) in [5.74, 6) is -1.33. The van der Waals surface area contributed by atoms with Crippen LogP contribution in [0.5, 0.6) is 0 Å². The molecule has 4 aliphatic heterocycles. The fourth-order valence-corrected chi connectivity index (χ4v) is 6.67. The van der Waals surface area contributed by atoms with Crippen molar-refractivity contribution in [1.82, 2.24) is 10.6 Å². The molecular formula is C31H55N3O20. The van der Waals surface area contributed by atoms with Gasteiger partial charge in [0.1, 0.15) is 91.4 Å². The number of carbonyl (C=O) groups excluding carboxylic acids is 2. The monoisotopic (exact) mass is 789 g/mol. The molecule has 0 saturated carbocycles. The summed E-state index contributed by atoms with van der Waals surface area (Å²) in [6.45, 7) is 1.36. The number of amides is 2. The Balaban J connectivity index is 1.78. The lowest BCUT2D eigenvalue weighted by Gasteiger charge is -2.51. The van der Waals surface area contributed by atoms with Crippen LogP contribution in [0.15, 0.2) is 0 Å². The first-order valence-electron chi connectivity index (χ1n) is 17.6. The van der Waals surface area contributed by atoms with Crippen LogP contribution in [0, 0.1) is 0 Å². The van der Waals surface area contributed by atoms with E-state index in [1.165, 1.54) is 6.92 Å². The van der Waals surface area contributed by atoms with Crippen molar-refractivity contribution >= 4 is 11.8 Å². The number of carbonyl (C=O) groups is 2. The van der Waals surface area contributed by atoms with Crippen molar-refractivity contribution in [3.63, 3.8) is 0 Å². The molecule has 0 bridgehead atoms. The Bertz CT molecular complexity index is 1190. The van der Waals surface area contributed by atoms with Crippen molar-refractivity contribution in [2.24, 2.45) is 5.73 Å². The van der Waals surface area contributed by atoms with Crippen molar-refractivity contribution in [3.8, 4) is 0 Å². The summed E-state index contributed by atoms with van der Waals surface area (Å²) in [5, 5.41) is 111. The van der Waals surface area contributed by atoms with E-state index in [9.17, 15) is 60.7 Å². The Labute approximate surface area is 309 Å². The Morgan fingerprint density at radius 1 is 0.574 bits per heavy atom. The summed E-state index contributed by atoms with van der Waals surface area (Å²) in [6.07, 6.45) is -29.8. The van der Waals surface area contributed by atoms with Crippen LogP contribution in [0.1, 0.15) is 27.2 Å². The molecule has 0 aromatic carbocycles. The number of rotatable bonds is 15. The van der Waals surface area contributed by atoms with Gasteiger partial charge in [-0.3, -0.25) is 9.59 Å². The highest BCUT2D eigenvalue weighted by Gasteiger charge is 2.57. The zero-order valence-corrected chi connectivity index (χ0v) is 29.9. The predicted octanol–water partition coefficient (Wildman–Crippen LogP) is -8.06. The molecule has 4 fully saturated rings. The zero-order valence-electron chi connectivity index (χ0n) is 29.9. The molecule has 0 unspecified atom stereocenters. The van der Waals surface area contributed by atoms with Gasteiger partial charge < -0.3 is 105 Å². The molecule has 20 atom stereocenters. The summed E-state index contributed by atoms with van der Waals surface area (Å²) >= 11 is 0. The van der Waals surface area contributed by atoms with E-state index in [-0.39, 0.29) is 13.2 Å². The molecule has 0 aromatic rings. The summed E-state index contributed by atoms with van der Waals surface area (Å²) < 4.78 is 47.2. The van der Waals surface area contributed by atoms with Gasteiger partial charge in [0, 0.05) is 13.8 Å². The minimum Gasteiger partial charge on any atom is -0.394 e. The molecule has 4 aliphatic rings. The Morgan fingerprint density at radius 3 is 1.65 bits per heavy atom. The van der Waals surface area contributed by atoms with E-state index in [1.807, 2.05) is 0 Å². The highest BCUT2D eigenvalue weighted by Crippen LogP contribution is 2.36. The minimum absolute atomic E-state index is 0.0219. The normalized spacial score (nSPS) is 45.8. The first-order chi connectivity index (χ1) is 25.6. The quantitative estimate of drug-likeness (QED) is 0.0685. The highest BCUT2D eigenvalue weighted by atomic mass is 16.8. The number of aliphatic hydroxyl groups excluding tert-OH is 10. The zero-order chi connectivity index (χ0) is 40.0. The molecule has 0 aliphatic carbocycles. The summed E-state index contributed by atoms with van der Waals surface area (Å²) in [5.41, 5.74) is 5.59. The Hall–Kier alpha value is -1.82. The second kappa shape index (κ2) is 20.0. The second-order valence-electron chi connectivity index (χ2n) is 13.6. The topological polar surface area (TPSA) is 360 Å². The number of nitrogens with two attached hydrogens (primary N) is 1. The maximum absolute atomic E-state index is 12.4. The summed E-state index contributed by atoms with van der Waals surface area (Å²) in [4.78, 5) is 24.5. The molecular weight excluding hydrogens is 734 g/mol. The maximum Gasteiger partial charge on any atom is 0.217 e. The van der Waals surface area contributed by atoms with Gasteiger partial charge >= 0.3 is 0 Å². The van der Waals surface area contributed by atoms with Gasteiger partial charge in [0.2, 0.25) is 11.8 Å². The average molecular weight is 790 g/mol. The largest absolute Gasteiger partial charge is 0.394 e. The van der Waals surface area contributed by atoms with Gasteiger partial charge in [-0.1, -0.05) is 0 Å². The van der Waals surface area contributed by atoms with Crippen molar-refractivity contribution in [2.75, 3.05) is 33.0 Å². The number of hydrogen-bond donors (Lipinski definition) is 13. The average Bonchev–Trinajstić information content (AvgIpc) is 3.13. The Morgan fingerprint density at radius 2 is 1.07 bits per heavy atom. The SMILES string of the molecule is CC(=O)N[C@H]1[C@@H](O[C@H]2[C@@H](O)[C@@H](CO)O[C@@H](O[C@H]3[C@@H](O)[C@@H](CO)O[C@H](OCCCN)[C@@H]3NC(C)=O)[C@@H]2O[C@@H]2O[C@@H](C)[C@@H](O)[C@@H](O)[C@@H]2O)O[C@H](CO)[C@H](O)[C@@H]1O. The lowest BCUT2D eigenvalue weighted by molar-refractivity contribution is -0.397. The molecule has 314 valence electrons. The highest BCUT2D eigenvalue weighted by molar-refractivity contribution is 5.73. The lowest BCUT2D eigenvalue weighted by atomic mass is 9.94. The fraction of sp³-hybridized carbons (Fsp3) is 0.935. The second-order valence-corrected chi connectivity index (χ2v) is 13.6. The molecule has 54 heavy (non-hydrogen) atoms. The molecule has 23 heteroatoms. The van der Waals surface area contributed by atoms with Gasteiger partial charge in [0.05, 0.1) is 32.5 Å². The fourth-order valence-electron chi connectivity index (χ4n) is 6.67. The molecule has 0 spiro atoms. The standard InChI is InChI=1S/C31H55N3O20/c1-10-18(40)23(45)24(46)30(48-10)54-27-26(53-29-16(33-11(2)38)22(44)19(41)13(7-35)50-29)21(43)15(9-37)51-31(27)52-25-17(34-12(3)39)28(47-6-4-5-32)49-14(8-36)20(25)42/h10,13-31,35-37,40-46H,4-9,32H2,1-3H3,(H,33,38)(H,34,39)/t10-,13+,14+,15+,16+,17+,18+,19-,20-,21-,22+,23+,24-,25+,26-,27+,28-,29+,30-,31-/m0/s1. The van der Waals surface area contributed by atoms with Gasteiger partial charge in [-0.2, -0.15) is 0 Å². The summed E-state index contributed by atoms with van der Waals surface area (Å²) in [7, 11) is 0. The van der Waals surface area contributed by atoms with Crippen LogP contribution >= 0.6 is 0 Å². The van der Waals surface area contributed by atoms with Gasteiger partial charge in [0.15, 0.2) is 25.2 Å². The molecule has 23 nitrogen and oxygen atoms in total. The van der Waals surface area contributed by atoms with E-state index in [2.05, 4.69) is 10.6 Å². The molecule has 0 aromatic heterocycles. The van der Waals surface area contributed by atoms with Gasteiger partial charge in [-0.05, 0) is 19.9 Å². The molecule has 4 saturated heterocycles. The van der Waals surface area contributed by atoms with Gasteiger partial charge in [-0.25, -0.2) is 0 Å². The van der Waals surface area contributed by atoms with Crippen molar-refractivity contribution in [1.29, 1.82) is 0 Å². The third-order valence-electron chi connectivity index (χ3n) is 9.59. The van der Waals surface area contributed by atoms with Crippen LogP contribution in [0.4, 0.5) is 0 Å². The number of aliphatic hydroxyl groups is 10. The first-order valence-corrected chi connectivity index (χ1v) is 17.6. The predicted molar refractivity (Wildman–Crippen MR) is 173 cm³/mol. The Kier molecular flexibility index (Phi) is 16.7. The smallest absolute Gasteiger partial charge is 0.217 e. The van der Waals surface area contributed by atoms with Crippen LogP contribution in [0.3, 0.4) is 0 Å². The summed E-state index contributed by atoms with van der Waals surface area (Å²) in [6, 6.07) is -2.88. The molecule has 0 radical (unpaired) electrons. The van der Waals surface area contributed by atoms with Gasteiger partial charge in [-0.15, -0.1) is 0 Å². The lowest BCUT2D eigenvalue weighted by Crippen LogP contribution is -2.70. The molecule has 2 amide bonds. The van der Waals surface area contributed by atoms with E-state index in [1.54, 1.807) is 0 Å². The maximum atomic E-state index is 12.4. The van der Waals surface area contributed by atoms with E-state index >= 15 is 0 Å². The number of nitrogens with one attached hydrogen (secondary N) is 2. The van der Waals surface area contributed by atoms with E-state index in [0.29, 0.717) is 6.42 Å². The van der Waals surface area contributed by atoms with Crippen molar-refractivity contribution in [2.45, 2.75) is 150 Å². The van der Waals surface area contributed by atoms with Crippen LogP contribution in [-0.2, 0) is 47.5 Å². The van der Waals surface area contributed by atoms with Crippen LogP contribution in [0.25, 0.3) is 0 Å². The molecule has 4 heterocycles. The van der Waals surface area contributed by atoms with E-state index < -0.39 is 154 Å². The van der Waals surface area contributed by atoms with Crippen LogP contribution in [0.2, 0.25) is 0 Å². The van der Waals surface area contributed by atoms with Crippen molar-refractivity contribution < 1.29 is 98.5 Å². The van der Waals surface area contributed by atoms with E-state index in [0.717, 1.165) is 13.8 Å². The molecule has 4 rings (SSSR count). The molecule has 14 N–H and O–H groups in total. The van der Waals surface area contributed by atoms with Crippen molar-refractivity contribution in [3.05, 3.63) is 0 Å².